The molecule has 7 nitrogen and oxygen atoms in total. The van der Waals surface area contributed by atoms with E-state index in [9.17, 15) is 9.59 Å². The van der Waals surface area contributed by atoms with Crippen LogP contribution in [0, 0.1) is 4.77 Å². The van der Waals surface area contributed by atoms with Gasteiger partial charge >= 0.3 is 0 Å². The lowest BCUT2D eigenvalue weighted by molar-refractivity contribution is -0.930. The van der Waals surface area contributed by atoms with Gasteiger partial charge in [0.05, 0.1) is 56.8 Å². The molecule has 0 atom stereocenters. The van der Waals surface area contributed by atoms with Crippen molar-refractivity contribution in [3.63, 3.8) is 0 Å². The van der Waals surface area contributed by atoms with Gasteiger partial charge in [0, 0.05) is 11.1 Å². The highest BCUT2D eigenvalue weighted by atomic mass is 32.1. The first-order chi connectivity index (χ1) is 17.0. The van der Waals surface area contributed by atoms with E-state index >= 15 is 0 Å². The summed E-state index contributed by atoms with van der Waals surface area (Å²) in [5, 5.41) is 0.511. The number of aromatic amines is 1. The van der Waals surface area contributed by atoms with Crippen LogP contribution in [-0.2, 0) is 6.54 Å². The van der Waals surface area contributed by atoms with E-state index in [1.54, 1.807) is 30.2 Å². The molecule has 2 fully saturated rings. The predicted molar refractivity (Wildman–Crippen MR) is 139 cm³/mol. The van der Waals surface area contributed by atoms with Gasteiger partial charge in [-0.05, 0) is 62.2 Å². The number of hydrogen-bond donors (Lipinski definition) is 2. The van der Waals surface area contributed by atoms with Crippen LogP contribution in [0.4, 0.5) is 0 Å². The SMILES string of the molecule is COc1ccccc1Cn1c(=S)[nH]c2cc(C(=O)N3CC[NH+](C4CCCCC4)CC3)ccc2c1=O. The van der Waals surface area contributed by atoms with E-state index in [1.165, 1.54) is 36.7 Å². The summed E-state index contributed by atoms with van der Waals surface area (Å²) in [5.41, 5.74) is 1.87. The number of piperazine rings is 1. The van der Waals surface area contributed by atoms with Crippen LogP contribution >= 0.6 is 12.2 Å². The Morgan fingerprint density at radius 1 is 1.11 bits per heavy atom. The lowest BCUT2D eigenvalue weighted by Crippen LogP contribution is -3.18. The minimum absolute atomic E-state index is 0.0205. The first-order valence-electron chi connectivity index (χ1n) is 12.6. The van der Waals surface area contributed by atoms with Gasteiger partial charge in [-0.1, -0.05) is 24.6 Å². The second-order valence-corrected chi connectivity index (χ2v) is 10.1. The van der Waals surface area contributed by atoms with Crippen molar-refractivity contribution in [2.75, 3.05) is 33.3 Å². The summed E-state index contributed by atoms with van der Waals surface area (Å²) < 4.78 is 7.28. The van der Waals surface area contributed by atoms with Crippen molar-refractivity contribution in [1.82, 2.24) is 14.5 Å². The number of methoxy groups -OCH3 is 1. The average molecular weight is 494 g/mol. The smallest absolute Gasteiger partial charge is 0.262 e. The molecule has 1 aliphatic carbocycles. The highest BCUT2D eigenvalue weighted by molar-refractivity contribution is 7.71. The Morgan fingerprint density at radius 3 is 2.60 bits per heavy atom. The lowest BCUT2D eigenvalue weighted by atomic mass is 9.94. The number of carbonyl (C=O) groups is 1. The van der Waals surface area contributed by atoms with Crippen molar-refractivity contribution in [2.45, 2.75) is 44.7 Å². The Labute approximate surface area is 210 Å². The van der Waals surface area contributed by atoms with Crippen LogP contribution in [0.2, 0.25) is 0 Å². The highest BCUT2D eigenvalue weighted by Crippen LogP contribution is 2.19. The summed E-state index contributed by atoms with van der Waals surface area (Å²) in [7, 11) is 1.61. The molecule has 3 aromatic rings. The fourth-order valence-corrected chi connectivity index (χ4v) is 5.89. The maximum Gasteiger partial charge on any atom is 0.262 e. The standard InChI is InChI=1S/C27H32N4O3S/c1-34-24-10-6-5-7-20(24)18-31-26(33)22-12-11-19(17-23(22)28-27(31)35)25(32)30-15-13-29(14-16-30)21-8-3-2-4-9-21/h5-7,10-12,17,21H,2-4,8-9,13-16,18H2,1H3,(H,28,35)/p+1. The molecule has 2 aromatic carbocycles. The minimum Gasteiger partial charge on any atom is -0.496 e. The zero-order chi connectivity index (χ0) is 24.4. The number of nitrogens with zero attached hydrogens (tertiary/aromatic N) is 2. The van der Waals surface area contributed by atoms with E-state index in [0.717, 1.165) is 37.8 Å². The molecule has 2 N–H and O–H groups in total. The van der Waals surface area contributed by atoms with Crippen molar-refractivity contribution in [3.8, 4) is 5.75 Å². The zero-order valence-electron chi connectivity index (χ0n) is 20.2. The van der Waals surface area contributed by atoms with E-state index in [-0.39, 0.29) is 11.5 Å². The van der Waals surface area contributed by atoms with Gasteiger partial charge in [0.15, 0.2) is 4.77 Å². The Bertz CT molecular complexity index is 1330. The molecular weight excluding hydrogens is 460 g/mol. The van der Waals surface area contributed by atoms with Crippen LogP contribution in [0.25, 0.3) is 10.9 Å². The number of nitrogens with one attached hydrogen (secondary N) is 2. The third-order valence-corrected chi connectivity index (χ3v) is 7.95. The van der Waals surface area contributed by atoms with Crippen LogP contribution < -0.4 is 15.2 Å². The first kappa shape index (κ1) is 23.8. The molecule has 1 saturated heterocycles. The molecule has 0 spiro atoms. The summed E-state index contributed by atoms with van der Waals surface area (Å²) in [4.78, 5) is 33.3. The number of rotatable bonds is 5. The molecule has 2 aliphatic rings. The van der Waals surface area contributed by atoms with Gasteiger partial charge in [0.25, 0.3) is 11.5 Å². The van der Waals surface area contributed by atoms with Crippen molar-refractivity contribution in [3.05, 3.63) is 68.7 Å². The van der Waals surface area contributed by atoms with E-state index < -0.39 is 0 Å². The minimum atomic E-state index is -0.182. The molecule has 2 heterocycles. The number of fused-ring (bicyclic) bond motifs is 1. The van der Waals surface area contributed by atoms with Crippen molar-refractivity contribution in [2.24, 2.45) is 0 Å². The van der Waals surface area contributed by atoms with Crippen molar-refractivity contribution >= 4 is 29.0 Å². The van der Waals surface area contributed by atoms with Crippen molar-refractivity contribution in [1.29, 1.82) is 0 Å². The van der Waals surface area contributed by atoms with E-state index in [2.05, 4.69) is 4.98 Å². The molecule has 0 radical (unpaired) electrons. The van der Waals surface area contributed by atoms with Gasteiger partial charge in [0.1, 0.15) is 5.75 Å². The van der Waals surface area contributed by atoms with E-state index in [0.29, 0.717) is 33.5 Å². The van der Waals surface area contributed by atoms with Gasteiger partial charge in [-0.15, -0.1) is 0 Å². The van der Waals surface area contributed by atoms with Gasteiger partial charge in [-0.2, -0.15) is 0 Å². The fourth-order valence-electron chi connectivity index (χ4n) is 5.63. The molecule has 8 heteroatoms. The number of amides is 1. The van der Waals surface area contributed by atoms with Gasteiger partial charge in [-0.25, -0.2) is 0 Å². The Hall–Kier alpha value is -2.97. The third kappa shape index (κ3) is 4.90. The van der Waals surface area contributed by atoms with Gasteiger partial charge in [-0.3, -0.25) is 14.2 Å². The number of carbonyl (C=O) groups excluding carboxylic acids is 1. The first-order valence-corrected chi connectivity index (χ1v) is 13.0. The Morgan fingerprint density at radius 2 is 1.86 bits per heavy atom. The molecule has 5 rings (SSSR count). The predicted octanol–water partition coefficient (Wildman–Crippen LogP) is 2.79. The molecule has 0 bridgehead atoms. The molecule has 0 unspecified atom stereocenters. The van der Waals surface area contributed by atoms with Crippen LogP contribution in [0.3, 0.4) is 0 Å². The third-order valence-electron chi connectivity index (χ3n) is 7.63. The van der Waals surface area contributed by atoms with Crippen molar-refractivity contribution < 1.29 is 14.4 Å². The largest absolute Gasteiger partial charge is 0.496 e. The normalized spacial score (nSPS) is 17.6. The quantitative estimate of drug-likeness (QED) is 0.537. The lowest BCUT2D eigenvalue weighted by Gasteiger charge is -2.38. The van der Waals surface area contributed by atoms with Gasteiger partial charge < -0.3 is 19.5 Å². The second kappa shape index (κ2) is 10.3. The molecular formula is C27H33N4O3S+. The van der Waals surface area contributed by atoms with Crippen LogP contribution in [0.5, 0.6) is 5.75 Å². The van der Waals surface area contributed by atoms with Gasteiger partial charge in [0.2, 0.25) is 0 Å². The second-order valence-electron chi connectivity index (χ2n) is 9.68. The summed E-state index contributed by atoms with van der Waals surface area (Å²) in [5.74, 6) is 0.729. The number of H-pyrrole nitrogens is 1. The maximum absolute atomic E-state index is 13.3. The summed E-state index contributed by atoms with van der Waals surface area (Å²) >= 11 is 5.52. The molecule has 1 aliphatic heterocycles. The number of para-hydroxylation sites is 1. The van der Waals surface area contributed by atoms with E-state index in [4.69, 9.17) is 17.0 Å². The average Bonchev–Trinajstić information content (AvgIpc) is 2.91. The van der Waals surface area contributed by atoms with Crippen LogP contribution in [0.15, 0.2) is 47.3 Å². The number of hydrogen-bond acceptors (Lipinski definition) is 4. The van der Waals surface area contributed by atoms with E-state index in [1.807, 2.05) is 29.2 Å². The number of benzene rings is 2. The Kier molecular flexibility index (Phi) is 7.02. The topological polar surface area (TPSA) is 71.8 Å². The molecule has 184 valence electrons. The highest BCUT2D eigenvalue weighted by Gasteiger charge is 2.30. The molecule has 1 saturated carbocycles. The Balaban J connectivity index is 1.34. The summed E-state index contributed by atoms with van der Waals surface area (Å²) in [6.45, 7) is 3.89. The fraction of sp³-hybridized carbons (Fsp3) is 0.444. The molecule has 1 amide bonds. The number of aromatic nitrogens is 2. The van der Waals surface area contributed by atoms with Crippen LogP contribution in [-0.4, -0.2) is 59.7 Å². The zero-order valence-corrected chi connectivity index (χ0v) is 21.0. The summed E-state index contributed by atoms with van der Waals surface area (Å²) in [6.07, 6.45) is 6.69. The molecule has 35 heavy (non-hydrogen) atoms. The molecule has 1 aromatic heterocycles. The van der Waals surface area contributed by atoms with Crippen LogP contribution in [0.1, 0.15) is 48.0 Å². The number of quaternary nitrogens is 1. The monoisotopic (exact) mass is 493 g/mol. The maximum atomic E-state index is 13.3. The number of ether oxygens (including phenoxy) is 1. The summed E-state index contributed by atoms with van der Waals surface area (Å²) in [6, 6.07) is 13.6.